The Kier molecular flexibility index (Phi) is 8.31. The number of rotatable bonds is 8. The van der Waals surface area contributed by atoms with E-state index in [0.717, 1.165) is 18.7 Å². The largest absolute Gasteiger partial charge is 0.371 e. The Balaban J connectivity index is 1.70. The van der Waals surface area contributed by atoms with Crippen LogP contribution in [0.15, 0.2) is 42.6 Å². The number of anilines is 1. The van der Waals surface area contributed by atoms with E-state index >= 15 is 0 Å². The summed E-state index contributed by atoms with van der Waals surface area (Å²) in [6.07, 6.45) is 2.40. The average molecular weight is 455 g/mol. The number of nitrogens with one attached hydrogen (secondary N) is 2. The van der Waals surface area contributed by atoms with Crippen LogP contribution < -0.4 is 10.6 Å². The van der Waals surface area contributed by atoms with Gasteiger partial charge in [0.2, 0.25) is 5.91 Å². The summed E-state index contributed by atoms with van der Waals surface area (Å²) in [5, 5.41) is 17.6. The SMILES string of the molecule is CCNC(=O)CN1CCCN(C(=O)c2ccc(NC(C)c3ccccn3)c([N+](=O)[O-])c2)CC1. The monoisotopic (exact) mass is 454 g/mol. The first-order valence-corrected chi connectivity index (χ1v) is 11.1. The lowest BCUT2D eigenvalue weighted by atomic mass is 10.1. The van der Waals surface area contributed by atoms with E-state index in [4.69, 9.17) is 0 Å². The molecule has 0 saturated carbocycles. The summed E-state index contributed by atoms with van der Waals surface area (Å²) >= 11 is 0. The number of aromatic nitrogens is 1. The number of benzene rings is 1. The second-order valence-electron chi connectivity index (χ2n) is 7.99. The quantitative estimate of drug-likeness (QED) is 0.464. The van der Waals surface area contributed by atoms with Crippen LogP contribution in [0.2, 0.25) is 0 Å². The van der Waals surface area contributed by atoms with Crippen molar-refractivity contribution in [2.24, 2.45) is 0 Å². The van der Waals surface area contributed by atoms with Crippen LogP contribution in [0.4, 0.5) is 11.4 Å². The van der Waals surface area contributed by atoms with Crippen LogP contribution >= 0.6 is 0 Å². The van der Waals surface area contributed by atoms with Crippen LogP contribution in [0, 0.1) is 10.1 Å². The number of hydrogen-bond acceptors (Lipinski definition) is 7. The maximum atomic E-state index is 13.1. The van der Waals surface area contributed by atoms with Crippen molar-refractivity contribution in [1.29, 1.82) is 0 Å². The molecule has 2 heterocycles. The zero-order valence-electron chi connectivity index (χ0n) is 19.0. The van der Waals surface area contributed by atoms with Gasteiger partial charge in [0.05, 0.1) is 23.2 Å². The number of carbonyl (C=O) groups excluding carboxylic acids is 2. The number of hydrogen-bond donors (Lipinski definition) is 2. The Bertz CT molecular complexity index is 984. The summed E-state index contributed by atoms with van der Waals surface area (Å²) in [4.78, 5) is 44.2. The van der Waals surface area contributed by atoms with E-state index in [-0.39, 0.29) is 29.1 Å². The molecule has 1 fully saturated rings. The van der Waals surface area contributed by atoms with E-state index in [9.17, 15) is 19.7 Å². The van der Waals surface area contributed by atoms with Gasteiger partial charge in [-0.15, -0.1) is 0 Å². The normalized spacial score (nSPS) is 15.4. The van der Waals surface area contributed by atoms with Crippen LogP contribution in [0.3, 0.4) is 0 Å². The molecule has 176 valence electrons. The smallest absolute Gasteiger partial charge is 0.293 e. The van der Waals surface area contributed by atoms with Crippen molar-refractivity contribution in [3.8, 4) is 0 Å². The zero-order valence-corrected chi connectivity index (χ0v) is 19.0. The molecule has 1 aromatic heterocycles. The van der Waals surface area contributed by atoms with Crippen LogP contribution in [0.1, 0.15) is 42.4 Å². The van der Waals surface area contributed by atoms with Gasteiger partial charge in [0.1, 0.15) is 5.69 Å². The fraction of sp³-hybridized carbons (Fsp3) is 0.435. The molecule has 0 spiro atoms. The highest BCUT2D eigenvalue weighted by Gasteiger charge is 2.24. The molecule has 2 amide bonds. The van der Waals surface area contributed by atoms with Crippen molar-refractivity contribution in [2.45, 2.75) is 26.3 Å². The third-order valence-corrected chi connectivity index (χ3v) is 5.56. The summed E-state index contributed by atoms with van der Waals surface area (Å²) in [5.74, 6) is -0.279. The van der Waals surface area contributed by atoms with Gasteiger partial charge in [0.15, 0.2) is 0 Å². The zero-order chi connectivity index (χ0) is 23.8. The van der Waals surface area contributed by atoms with Crippen molar-refractivity contribution in [3.63, 3.8) is 0 Å². The molecule has 1 aromatic carbocycles. The first kappa shape index (κ1) is 24.1. The Morgan fingerprint density at radius 3 is 2.70 bits per heavy atom. The summed E-state index contributed by atoms with van der Waals surface area (Å²) < 4.78 is 0. The van der Waals surface area contributed by atoms with Gasteiger partial charge in [0.25, 0.3) is 11.6 Å². The summed E-state index contributed by atoms with van der Waals surface area (Å²) in [6.45, 7) is 6.92. The number of nitro benzene ring substituents is 1. The standard InChI is InChI=1S/C23H30N6O4/c1-3-24-22(30)16-27-11-6-12-28(14-13-27)23(31)18-8-9-20(21(15-18)29(32)33)26-17(2)19-7-4-5-10-25-19/h4-5,7-10,15,17,26H,3,6,11-14,16H2,1-2H3,(H,24,30). The molecule has 1 aliphatic rings. The average Bonchev–Trinajstić information content (AvgIpc) is 3.05. The van der Waals surface area contributed by atoms with Crippen molar-refractivity contribution in [1.82, 2.24) is 20.1 Å². The predicted molar refractivity (Wildman–Crippen MR) is 125 cm³/mol. The maximum absolute atomic E-state index is 13.1. The topological polar surface area (TPSA) is 121 Å². The second-order valence-corrected chi connectivity index (χ2v) is 7.99. The lowest BCUT2D eigenvalue weighted by molar-refractivity contribution is -0.384. The lowest BCUT2D eigenvalue weighted by Crippen LogP contribution is -2.40. The maximum Gasteiger partial charge on any atom is 0.293 e. The molecule has 3 rings (SSSR count). The predicted octanol–water partition coefficient (Wildman–Crippen LogP) is 2.45. The van der Waals surface area contributed by atoms with E-state index in [1.54, 1.807) is 29.3 Å². The molecular formula is C23H30N6O4. The number of carbonyl (C=O) groups is 2. The molecule has 1 aliphatic heterocycles. The van der Waals surface area contributed by atoms with Crippen LogP contribution in [0.5, 0.6) is 0 Å². The minimum absolute atomic E-state index is 0.0316. The molecule has 0 radical (unpaired) electrons. The first-order chi connectivity index (χ1) is 15.9. The van der Waals surface area contributed by atoms with E-state index in [1.807, 2.05) is 30.9 Å². The number of amides is 2. The number of pyridine rings is 1. The fourth-order valence-corrected chi connectivity index (χ4v) is 3.85. The highest BCUT2D eigenvalue weighted by molar-refractivity contribution is 5.95. The fourth-order valence-electron chi connectivity index (χ4n) is 3.85. The van der Waals surface area contributed by atoms with Gasteiger partial charge in [-0.3, -0.25) is 29.6 Å². The van der Waals surface area contributed by atoms with Crippen molar-refractivity contribution < 1.29 is 14.5 Å². The van der Waals surface area contributed by atoms with Gasteiger partial charge in [0, 0.05) is 50.6 Å². The van der Waals surface area contributed by atoms with Crippen LogP contribution in [0.25, 0.3) is 0 Å². The van der Waals surface area contributed by atoms with Crippen LogP contribution in [-0.2, 0) is 4.79 Å². The Labute approximate surface area is 193 Å². The number of nitrogens with zero attached hydrogens (tertiary/aromatic N) is 4. The van der Waals surface area contributed by atoms with E-state index in [2.05, 4.69) is 15.6 Å². The van der Waals surface area contributed by atoms with Crippen LogP contribution in [-0.4, -0.2) is 70.8 Å². The highest BCUT2D eigenvalue weighted by Crippen LogP contribution is 2.29. The van der Waals surface area contributed by atoms with Gasteiger partial charge in [-0.05, 0) is 44.5 Å². The van der Waals surface area contributed by atoms with Gasteiger partial charge >= 0.3 is 0 Å². The van der Waals surface area contributed by atoms with E-state index < -0.39 is 4.92 Å². The first-order valence-electron chi connectivity index (χ1n) is 11.1. The highest BCUT2D eigenvalue weighted by atomic mass is 16.6. The molecule has 10 heteroatoms. The molecule has 1 unspecified atom stereocenters. The van der Waals surface area contributed by atoms with E-state index in [0.29, 0.717) is 38.4 Å². The Morgan fingerprint density at radius 2 is 2.00 bits per heavy atom. The summed E-state index contributed by atoms with van der Waals surface area (Å²) in [6, 6.07) is 9.77. The number of likely N-dealkylation sites (N-methyl/N-ethyl adjacent to an activating group) is 1. The second kappa shape index (κ2) is 11.4. The third-order valence-electron chi connectivity index (χ3n) is 5.56. The van der Waals surface area contributed by atoms with Gasteiger partial charge in [-0.25, -0.2) is 0 Å². The molecule has 33 heavy (non-hydrogen) atoms. The van der Waals surface area contributed by atoms with Gasteiger partial charge < -0.3 is 15.5 Å². The molecule has 1 atom stereocenters. The minimum Gasteiger partial charge on any atom is -0.371 e. The molecule has 2 aromatic rings. The molecule has 0 aliphatic carbocycles. The van der Waals surface area contributed by atoms with Crippen molar-refractivity contribution in [3.05, 3.63) is 64.0 Å². The van der Waals surface area contributed by atoms with Crippen molar-refractivity contribution >= 4 is 23.2 Å². The molecule has 10 nitrogen and oxygen atoms in total. The van der Waals surface area contributed by atoms with Gasteiger partial charge in [-0.1, -0.05) is 6.07 Å². The van der Waals surface area contributed by atoms with Gasteiger partial charge in [-0.2, -0.15) is 0 Å². The summed E-state index contributed by atoms with van der Waals surface area (Å²) in [5.41, 5.74) is 1.21. The Hall–Kier alpha value is -3.53. The number of nitro groups is 1. The lowest BCUT2D eigenvalue weighted by Gasteiger charge is -2.22. The minimum atomic E-state index is -0.485. The third kappa shape index (κ3) is 6.48. The Morgan fingerprint density at radius 1 is 1.18 bits per heavy atom. The molecule has 2 N–H and O–H groups in total. The van der Waals surface area contributed by atoms with E-state index in [1.165, 1.54) is 6.07 Å². The molecule has 0 bridgehead atoms. The van der Waals surface area contributed by atoms with Crippen molar-refractivity contribution in [2.75, 3.05) is 44.6 Å². The molecule has 1 saturated heterocycles. The summed E-state index contributed by atoms with van der Waals surface area (Å²) in [7, 11) is 0. The molecular weight excluding hydrogens is 424 g/mol.